The van der Waals surface area contributed by atoms with E-state index in [4.69, 9.17) is 4.42 Å². The van der Waals surface area contributed by atoms with Crippen LogP contribution in [-0.4, -0.2) is 11.8 Å². The first-order chi connectivity index (χ1) is 9.67. The molecule has 0 aliphatic carbocycles. The van der Waals surface area contributed by atoms with Crippen molar-refractivity contribution in [3.63, 3.8) is 0 Å². The third-order valence-corrected chi connectivity index (χ3v) is 3.27. The fourth-order valence-corrected chi connectivity index (χ4v) is 2.17. The molecule has 5 heteroatoms. The molecule has 0 bridgehead atoms. The van der Waals surface area contributed by atoms with Crippen LogP contribution in [0.1, 0.15) is 39.2 Å². The molecule has 0 unspecified atom stereocenters. The Labute approximate surface area is 116 Å². The van der Waals surface area contributed by atoms with Gasteiger partial charge in [-0.25, -0.2) is 0 Å². The van der Waals surface area contributed by atoms with Gasteiger partial charge in [-0.1, -0.05) is 6.92 Å². The highest BCUT2D eigenvalue weighted by molar-refractivity contribution is 6.21. The molecule has 0 atom stereocenters. The van der Waals surface area contributed by atoms with E-state index in [0.29, 0.717) is 17.7 Å². The summed E-state index contributed by atoms with van der Waals surface area (Å²) in [5.41, 5.74) is 1.61. The van der Waals surface area contributed by atoms with E-state index in [-0.39, 0.29) is 11.8 Å². The summed E-state index contributed by atoms with van der Waals surface area (Å²) in [4.78, 5) is 23.0. The number of anilines is 1. The third-order valence-electron chi connectivity index (χ3n) is 3.27. The van der Waals surface area contributed by atoms with Gasteiger partial charge in [0.25, 0.3) is 11.8 Å². The quantitative estimate of drug-likeness (QED) is 0.836. The highest BCUT2D eigenvalue weighted by Gasteiger charge is 2.26. The number of carbonyl (C=O) groups is 2. The van der Waals surface area contributed by atoms with E-state index < -0.39 is 0 Å². The summed E-state index contributed by atoms with van der Waals surface area (Å²) >= 11 is 0. The lowest BCUT2D eigenvalue weighted by atomic mass is 10.1. The number of fused-ring (bicyclic) bond motifs is 1. The Balaban J connectivity index is 1.74. The van der Waals surface area contributed by atoms with Gasteiger partial charge in [-0.3, -0.25) is 14.9 Å². The number of benzene rings is 1. The lowest BCUT2D eigenvalue weighted by molar-refractivity contribution is 0.0879. The number of aryl methyl sites for hydroxylation is 1. The summed E-state index contributed by atoms with van der Waals surface area (Å²) < 4.78 is 5.59. The van der Waals surface area contributed by atoms with Crippen molar-refractivity contribution in [2.75, 3.05) is 5.32 Å². The van der Waals surface area contributed by atoms with Crippen LogP contribution in [-0.2, 0) is 13.0 Å². The number of furan rings is 1. The average molecular weight is 270 g/mol. The molecule has 3 rings (SSSR count). The van der Waals surface area contributed by atoms with E-state index in [1.165, 1.54) is 0 Å². The summed E-state index contributed by atoms with van der Waals surface area (Å²) in [6.45, 7) is 2.57. The van der Waals surface area contributed by atoms with Gasteiger partial charge in [0.1, 0.15) is 11.5 Å². The molecule has 2 aromatic rings. The van der Waals surface area contributed by atoms with Crippen molar-refractivity contribution < 1.29 is 14.0 Å². The van der Waals surface area contributed by atoms with Crippen molar-refractivity contribution >= 4 is 17.5 Å². The maximum Gasteiger partial charge on any atom is 0.259 e. The van der Waals surface area contributed by atoms with Crippen LogP contribution >= 0.6 is 0 Å². The highest BCUT2D eigenvalue weighted by atomic mass is 16.3. The van der Waals surface area contributed by atoms with Crippen LogP contribution < -0.4 is 10.6 Å². The van der Waals surface area contributed by atoms with E-state index in [1.54, 1.807) is 18.2 Å². The number of amides is 2. The molecule has 0 fully saturated rings. The first-order valence-electron chi connectivity index (χ1n) is 6.48. The highest BCUT2D eigenvalue weighted by Crippen LogP contribution is 2.21. The molecular formula is C15H14N2O3. The van der Waals surface area contributed by atoms with Crippen LogP contribution in [0, 0.1) is 0 Å². The molecule has 0 radical (unpaired) electrons. The van der Waals surface area contributed by atoms with Crippen LogP contribution in [0.5, 0.6) is 0 Å². The fraction of sp³-hybridized carbons (Fsp3) is 0.200. The predicted octanol–water partition coefficient (Wildman–Crippen LogP) is 2.34. The number of hydrogen-bond donors (Lipinski definition) is 2. The molecule has 1 aromatic carbocycles. The second-order valence-electron chi connectivity index (χ2n) is 4.62. The Morgan fingerprint density at radius 2 is 1.80 bits per heavy atom. The maximum atomic E-state index is 11.6. The van der Waals surface area contributed by atoms with Gasteiger partial charge >= 0.3 is 0 Å². The second kappa shape index (κ2) is 4.85. The van der Waals surface area contributed by atoms with E-state index in [0.717, 1.165) is 23.6 Å². The van der Waals surface area contributed by atoms with E-state index in [2.05, 4.69) is 10.6 Å². The molecule has 1 aliphatic rings. The Morgan fingerprint density at radius 3 is 2.55 bits per heavy atom. The fourth-order valence-electron chi connectivity index (χ4n) is 2.17. The minimum Gasteiger partial charge on any atom is -0.464 e. The first kappa shape index (κ1) is 12.5. The summed E-state index contributed by atoms with van der Waals surface area (Å²) in [5, 5.41) is 5.45. The van der Waals surface area contributed by atoms with Crippen molar-refractivity contribution in [1.29, 1.82) is 0 Å². The van der Waals surface area contributed by atoms with E-state index in [9.17, 15) is 9.59 Å². The smallest absolute Gasteiger partial charge is 0.259 e. The third kappa shape index (κ3) is 2.18. The van der Waals surface area contributed by atoms with Crippen LogP contribution in [0.4, 0.5) is 5.69 Å². The number of hydrogen-bond acceptors (Lipinski definition) is 4. The molecule has 2 N–H and O–H groups in total. The minimum absolute atomic E-state index is 0.338. The summed E-state index contributed by atoms with van der Waals surface area (Å²) in [6, 6.07) is 8.98. The number of imide groups is 1. The van der Waals surface area contributed by atoms with Gasteiger partial charge in [0.2, 0.25) is 0 Å². The Morgan fingerprint density at radius 1 is 1.05 bits per heavy atom. The summed E-state index contributed by atoms with van der Waals surface area (Å²) in [6.07, 6.45) is 0.862. The molecule has 0 spiro atoms. The van der Waals surface area contributed by atoms with Gasteiger partial charge in [-0.15, -0.1) is 0 Å². The summed E-state index contributed by atoms with van der Waals surface area (Å²) in [5.74, 6) is 1.10. The molecule has 5 nitrogen and oxygen atoms in total. The van der Waals surface area contributed by atoms with E-state index >= 15 is 0 Å². The van der Waals surface area contributed by atoms with Crippen molar-refractivity contribution in [3.05, 3.63) is 53.0 Å². The Hall–Kier alpha value is -2.56. The van der Waals surface area contributed by atoms with Gasteiger partial charge in [0, 0.05) is 12.1 Å². The largest absolute Gasteiger partial charge is 0.464 e. The van der Waals surface area contributed by atoms with Gasteiger partial charge in [0.15, 0.2) is 0 Å². The molecule has 2 amide bonds. The zero-order valence-corrected chi connectivity index (χ0v) is 11.0. The van der Waals surface area contributed by atoms with Crippen LogP contribution in [0.3, 0.4) is 0 Å². The van der Waals surface area contributed by atoms with Gasteiger partial charge in [-0.05, 0) is 30.3 Å². The monoisotopic (exact) mass is 270 g/mol. The molecule has 2 heterocycles. The van der Waals surface area contributed by atoms with Crippen molar-refractivity contribution in [1.82, 2.24) is 5.32 Å². The standard InChI is InChI=1S/C15H14N2O3/c1-2-10-4-5-11(20-10)8-16-9-3-6-12-13(7-9)15(19)17-14(12)18/h3-7,16H,2,8H2,1H3,(H,17,18,19). The van der Waals surface area contributed by atoms with Crippen molar-refractivity contribution in [2.45, 2.75) is 19.9 Å². The minimum atomic E-state index is -0.347. The maximum absolute atomic E-state index is 11.6. The molecule has 0 saturated heterocycles. The SMILES string of the molecule is CCc1ccc(CNc2ccc3c(c2)C(=O)NC3=O)o1. The number of carbonyl (C=O) groups excluding carboxylic acids is 2. The predicted molar refractivity (Wildman–Crippen MR) is 73.7 cm³/mol. The molecule has 1 aromatic heterocycles. The zero-order chi connectivity index (χ0) is 14.1. The molecule has 102 valence electrons. The topological polar surface area (TPSA) is 71.3 Å². The lowest BCUT2D eigenvalue weighted by Gasteiger charge is -2.05. The van der Waals surface area contributed by atoms with Crippen LogP contribution in [0.15, 0.2) is 34.7 Å². The molecule has 0 saturated carbocycles. The van der Waals surface area contributed by atoms with Crippen LogP contribution in [0.25, 0.3) is 0 Å². The number of nitrogens with one attached hydrogen (secondary N) is 2. The zero-order valence-electron chi connectivity index (χ0n) is 11.0. The van der Waals surface area contributed by atoms with Gasteiger partial charge in [-0.2, -0.15) is 0 Å². The second-order valence-corrected chi connectivity index (χ2v) is 4.62. The number of rotatable bonds is 4. The molecule has 1 aliphatic heterocycles. The van der Waals surface area contributed by atoms with Crippen molar-refractivity contribution in [3.8, 4) is 0 Å². The van der Waals surface area contributed by atoms with E-state index in [1.807, 2.05) is 19.1 Å². The summed E-state index contributed by atoms with van der Waals surface area (Å²) in [7, 11) is 0. The first-order valence-corrected chi connectivity index (χ1v) is 6.48. The lowest BCUT2D eigenvalue weighted by Crippen LogP contribution is -2.19. The average Bonchev–Trinajstić information content (AvgIpc) is 3.02. The van der Waals surface area contributed by atoms with Gasteiger partial charge in [0.05, 0.1) is 17.7 Å². The molecular weight excluding hydrogens is 256 g/mol. The Bertz CT molecular complexity index is 688. The van der Waals surface area contributed by atoms with Crippen molar-refractivity contribution in [2.24, 2.45) is 0 Å². The normalized spacial score (nSPS) is 13.2. The Kier molecular flexibility index (Phi) is 3.02. The molecule has 20 heavy (non-hydrogen) atoms. The van der Waals surface area contributed by atoms with Gasteiger partial charge < -0.3 is 9.73 Å². The van der Waals surface area contributed by atoms with Crippen LogP contribution in [0.2, 0.25) is 0 Å².